The number of nitrogens with one attached hydrogen (secondary N) is 1. The molecule has 0 saturated carbocycles. The summed E-state index contributed by atoms with van der Waals surface area (Å²) in [5.41, 5.74) is 7.14. The number of amides is 1. The quantitative estimate of drug-likeness (QED) is 0.881. The lowest BCUT2D eigenvalue weighted by atomic mass is 10.2. The molecule has 0 fully saturated rings. The van der Waals surface area contributed by atoms with Gasteiger partial charge in [-0.05, 0) is 37.3 Å². The molecule has 0 unspecified atom stereocenters. The summed E-state index contributed by atoms with van der Waals surface area (Å²) in [6.07, 6.45) is 2.98. The minimum absolute atomic E-state index is 0.260. The van der Waals surface area contributed by atoms with E-state index in [1.165, 1.54) is 12.4 Å². The van der Waals surface area contributed by atoms with Crippen molar-refractivity contribution in [1.29, 1.82) is 0 Å². The smallest absolute Gasteiger partial charge is 0.257 e. The van der Waals surface area contributed by atoms with Crippen LogP contribution in [0.2, 0.25) is 0 Å². The topological polar surface area (TPSA) is 77.2 Å². The van der Waals surface area contributed by atoms with Crippen LogP contribution in [0.4, 0.5) is 11.4 Å². The van der Waals surface area contributed by atoms with Crippen LogP contribution in [0.25, 0.3) is 0 Å². The molecule has 3 N–H and O–H groups in total. The number of carbonyl (C=O) groups is 1. The van der Waals surface area contributed by atoms with E-state index in [-0.39, 0.29) is 5.91 Å². The first-order valence-electron chi connectivity index (χ1n) is 5.94. The van der Waals surface area contributed by atoms with Gasteiger partial charge in [0.25, 0.3) is 5.91 Å². The second-order valence-corrected chi connectivity index (χ2v) is 3.87. The highest BCUT2D eigenvalue weighted by atomic mass is 16.5. The predicted molar refractivity (Wildman–Crippen MR) is 74.2 cm³/mol. The van der Waals surface area contributed by atoms with Gasteiger partial charge in [0, 0.05) is 11.9 Å². The number of rotatable bonds is 4. The Bertz CT molecular complexity index is 567. The molecule has 0 spiro atoms. The molecule has 1 amide bonds. The van der Waals surface area contributed by atoms with Gasteiger partial charge in [-0.25, -0.2) is 0 Å². The highest BCUT2D eigenvalue weighted by molar-refractivity contribution is 6.07. The van der Waals surface area contributed by atoms with E-state index in [0.29, 0.717) is 23.5 Å². The van der Waals surface area contributed by atoms with Crippen molar-refractivity contribution in [2.45, 2.75) is 6.92 Å². The number of nitrogen functional groups attached to an aromatic ring is 1. The van der Waals surface area contributed by atoms with Crippen LogP contribution in [0.1, 0.15) is 17.3 Å². The fourth-order valence-electron chi connectivity index (χ4n) is 1.61. The van der Waals surface area contributed by atoms with Gasteiger partial charge >= 0.3 is 0 Å². The Kier molecular flexibility index (Phi) is 3.97. The fourth-order valence-corrected chi connectivity index (χ4v) is 1.61. The first-order valence-corrected chi connectivity index (χ1v) is 5.94. The number of pyridine rings is 1. The van der Waals surface area contributed by atoms with Gasteiger partial charge in [0.2, 0.25) is 0 Å². The standard InChI is InChI=1S/C14H15N3O2/c1-2-19-11-5-3-10(4-6-11)17-14(18)12-7-8-16-9-13(12)15/h3-9H,2,15H2,1H3,(H,17,18). The Labute approximate surface area is 111 Å². The SMILES string of the molecule is CCOc1ccc(NC(=O)c2ccncc2N)cc1. The van der Waals surface area contributed by atoms with Crippen molar-refractivity contribution in [1.82, 2.24) is 4.98 Å². The lowest BCUT2D eigenvalue weighted by Gasteiger charge is -2.08. The highest BCUT2D eigenvalue weighted by Gasteiger charge is 2.09. The van der Waals surface area contributed by atoms with Crippen LogP contribution in [0.5, 0.6) is 5.75 Å². The minimum atomic E-state index is -0.260. The van der Waals surface area contributed by atoms with Crippen molar-refractivity contribution in [3.8, 4) is 5.75 Å². The summed E-state index contributed by atoms with van der Waals surface area (Å²) in [5.74, 6) is 0.507. The average molecular weight is 257 g/mol. The molecule has 0 aliphatic rings. The third-order valence-corrected chi connectivity index (χ3v) is 2.52. The molecule has 0 aliphatic heterocycles. The van der Waals surface area contributed by atoms with Crippen LogP contribution in [0.15, 0.2) is 42.7 Å². The van der Waals surface area contributed by atoms with E-state index in [4.69, 9.17) is 10.5 Å². The molecule has 0 bridgehead atoms. The van der Waals surface area contributed by atoms with Gasteiger partial charge < -0.3 is 15.8 Å². The number of anilines is 2. The number of ether oxygens (including phenoxy) is 1. The molecule has 0 radical (unpaired) electrons. The zero-order chi connectivity index (χ0) is 13.7. The van der Waals surface area contributed by atoms with E-state index in [0.717, 1.165) is 5.75 Å². The molecule has 0 aliphatic carbocycles. The van der Waals surface area contributed by atoms with E-state index in [2.05, 4.69) is 10.3 Å². The number of benzene rings is 1. The Morgan fingerprint density at radius 1 is 1.32 bits per heavy atom. The third-order valence-electron chi connectivity index (χ3n) is 2.52. The van der Waals surface area contributed by atoms with E-state index in [1.54, 1.807) is 30.3 Å². The molecule has 1 aromatic carbocycles. The van der Waals surface area contributed by atoms with Crippen molar-refractivity contribution in [3.05, 3.63) is 48.3 Å². The molecule has 1 heterocycles. The molecule has 2 rings (SSSR count). The zero-order valence-corrected chi connectivity index (χ0v) is 10.6. The second kappa shape index (κ2) is 5.86. The van der Waals surface area contributed by atoms with E-state index in [9.17, 15) is 4.79 Å². The van der Waals surface area contributed by atoms with Gasteiger partial charge in [0.1, 0.15) is 5.75 Å². The van der Waals surface area contributed by atoms with Crippen LogP contribution in [0, 0.1) is 0 Å². The Morgan fingerprint density at radius 2 is 2.05 bits per heavy atom. The van der Waals surface area contributed by atoms with Gasteiger partial charge in [0.15, 0.2) is 0 Å². The lowest BCUT2D eigenvalue weighted by Crippen LogP contribution is -2.14. The van der Waals surface area contributed by atoms with Crippen LogP contribution < -0.4 is 15.8 Å². The van der Waals surface area contributed by atoms with Crippen molar-refractivity contribution in [2.75, 3.05) is 17.7 Å². The third kappa shape index (κ3) is 3.22. The molecular formula is C14H15N3O2. The number of hydrogen-bond acceptors (Lipinski definition) is 4. The summed E-state index contributed by atoms with van der Waals surface area (Å²) in [5, 5.41) is 2.77. The molecular weight excluding hydrogens is 242 g/mol. The largest absolute Gasteiger partial charge is 0.494 e. The molecule has 98 valence electrons. The number of carbonyl (C=O) groups excluding carboxylic acids is 1. The molecule has 0 saturated heterocycles. The van der Waals surface area contributed by atoms with Crippen LogP contribution in [-0.2, 0) is 0 Å². The van der Waals surface area contributed by atoms with Crippen molar-refractivity contribution < 1.29 is 9.53 Å². The maximum Gasteiger partial charge on any atom is 0.257 e. The summed E-state index contributed by atoms with van der Waals surface area (Å²) < 4.78 is 5.33. The van der Waals surface area contributed by atoms with E-state index in [1.807, 2.05) is 6.92 Å². The summed E-state index contributed by atoms with van der Waals surface area (Å²) >= 11 is 0. The maximum absolute atomic E-state index is 12.0. The predicted octanol–water partition coefficient (Wildman–Crippen LogP) is 2.31. The molecule has 5 nitrogen and oxygen atoms in total. The Balaban J connectivity index is 2.09. The normalized spacial score (nSPS) is 9.95. The van der Waals surface area contributed by atoms with Gasteiger partial charge in [0.05, 0.1) is 24.1 Å². The zero-order valence-electron chi connectivity index (χ0n) is 10.6. The summed E-state index contributed by atoms with van der Waals surface area (Å²) in [7, 11) is 0. The van der Waals surface area contributed by atoms with Crippen molar-refractivity contribution in [2.24, 2.45) is 0 Å². The molecule has 2 aromatic rings. The van der Waals surface area contributed by atoms with Gasteiger partial charge in [-0.3, -0.25) is 9.78 Å². The number of aromatic nitrogens is 1. The fraction of sp³-hybridized carbons (Fsp3) is 0.143. The van der Waals surface area contributed by atoms with E-state index < -0.39 is 0 Å². The van der Waals surface area contributed by atoms with Gasteiger partial charge in [-0.1, -0.05) is 0 Å². The maximum atomic E-state index is 12.0. The van der Waals surface area contributed by atoms with Gasteiger partial charge in [-0.2, -0.15) is 0 Å². The Morgan fingerprint density at radius 3 is 2.68 bits per heavy atom. The number of hydrogen-bond donors (Lipinski definition) is 2. The minimum Gasteiger partial charge on any atom is -0.494 e. The number of nitrogens with zero attached hydrogens (tertiary/aromatic N) is 1. The van der Waals surface area contributed by atoms with E-state index >= 15 is 0 Å². The second-order valence-electron chi connectivity index (χ2n) is 3.87. The van der Waals surface area contributed by atoms with Gasteiger partial charge in [-0.15, -0.1) is 0 Å². The van der Waals surface area contributed by atoms with Crippen molar-refractivity contribution >= 4 is 17.3 Å². The molecule has 1 aromatic heterocycles. The first-order chi connectivity index (χ1) is 9.20. The Hall–Kier alpha value is -2.56. The average Bonchev–Trinajstić information content (AvgIpc) is 2.42. The van der Waals surface area contributed by atoms with Crippen LogP contribution in [-0.4, -0.2) is 17.5 Å². The number of nitrogens with two attached hydrogens (primary N) is 1. The molecule has 19 heavy (non-hydrogen) atoms. The molecule has 0 atom stereocenters. The monoisotopic (exact) mass is 257 g/mol. The molecule has 5 heteroatoms. The summed E-state index contributed by atoms with van der Waals surface area (Å²) in [6.45, 7) is 2.53. The van der Waals surface area contributed by atoms with Crippen molar-refractivity contribution in [3.63, 3.8) is 0 Å². The lowest BCUT2D eigenvalue weighted by molar-refractivity contribution is 0.102. The first kappa shape index (κ1) is 12.9. The van der Waals surface area contributed by atoms with Crippen LogP contribution in [0.3, 0.4) is 0 Å². The summed E-state index contributed by atoms with van der Waals surface area (Å²) in [6, 6.07) is 8.74. The summed E-state index contributed by atoms with van der Waals surface area (Å²) in [4.78, 5) is 15.8. The highest BCUT2D eigenvalue weighted by Crippen LogP contribution is 2.17. The van der Waals surface area contributed by atoms with Crippen LogP contribution >= 0.6 is 0 Å².